The van der Waals surface area contributed by atoms with Crippen molar-refractivity contribution in [1.29, 1.82) is 5.26 Å². The second kappa shape index (κ2) is 5.70. The first-order valence-corrected chi connectivity index (χ1v) is 6.92. The van der Waals surface area contributed by atoms with E-state index >= 15 is 0 Å². The smallest absolute Gasteiger partial charge is 0.144 e. The minimum Gasteiger partial charge on any atom is -0.369 e. The van der Waals surface area contributed by atoms with Gasteiger partial charge in [-0.3, -0.25) is 4.98 Å². The second-order valence-corrected chi connectivity index (χ2v) is 4.99. The number of nitrogens with zero attached hydrogens (tertiary/aromatic N) is 3. The van der Waals surface area contributed by atoms with Gasteiger partial charge in [0.25, 0.3) is 0 Å². The summed E-state index contributed by atoms with van der Waals surface area (Å²) in [7, 11) is 0. The molecule has 3 rings (SSSR count). The molecule has 0 aromatic carbocycles. The summed E-state index contributed by atoms with van der Waals surface area (Å²) in [6.07, 6.45) is 7.73. The highest BCUT2D eigenvalue weighted by atomic mass is 15.0. The Morgan fingerprint density at radius 1 is 1.35 bits per heavy atom. The summed E-state index contributed by atoms with van der Waals surface area (Å²) in [5.41, 5.74) is 4.21. The fourth-order valence-corrected chi connectivity index (χ4v) is 2.56. The van der Waals surface area contributed by atoms with E-state index in [0.29, 0.717) is 5.56 Å². The molecule has 2 heterocycles. The number of nitrogens with one attached hydrogen (secondary N) is 1. The lowest BCUT2D eigenvalue weighted by Crippen LogP contribution is -2.09. The van der Waals surface area contributed by atoms with Crippen molar-refractivity contribution in [2.45, 2.75) is 25.7 Å². The summed E-state index contributed by atoms with van der Waals surface area (Å²) in [4.78, 5) is 8.70. The van der Waals surface area contributed by atoms with E-state index in [1.54, 1.807) is 6.20 Å². The number of hydrogen-bond donors (Lipinski definition) is 1. The minimum atomic E-state index is 0.650. The van der Waals surface area contributed by atoms with Crippen LogP contribution in [0.25, 0.3) is 0 Å². The first-order chi connectivity index (χ1) is 9.86. The molecule has 1 aliphatic carbocycles. The van der Waals surface area contributed by atoms with E-state index in [4.69, 9.17) is 0 Å². The molecule has 0 saturated heterocycles. The quantitative estimate of drug-likeness (QED) is 0.921. The number of pyridine rings is 2. The van der Waals surface area contributed by atoms with E-state index in [2.05, 4.69) is 27.4 Å². The van der Waals surface area contributed by atoms with Crippen LogP contribution >= 0.6 is 0 Å². The highest BCUT2D eigenvalue weighted by Crippen LogP contribution is 2.24. The Labute approximate surface area is 118 Å². The summed E-state index contributed by atoms with van der Waals surface area (Å²) in [5, 5.41) is 12.5. The van der Waals surface area contributed by atoms with Gasteiger partial charge in [0.15, 0.2) is 0 Å². The van der Waals surface area contributed by atoms with Crippen molar-refractivity contribution in [1.82, 2.24) is 9.97 Å². The molecule has 4 heteroatoms. The normalized spacial score (nSPS) is 12.8. The number of rotatable bonds is 4. The second-order valence-electron chi connectivity index (χ2n) is 4.99. The summed E-state index contributed by atoms with van der Waals surface area (Å²) in [6, 6.07) is 8.21. The van der Waals surface area contributed by atoms with Crippen LogP contribution in [0.1, 0.15) is 28.8 Å². The summed E-state index contributed by atoms with van der Waals surface area (Å²) in [5.74, 6) is 0.719. The van der Waals surface area contributed by atoms with Gasteiger partial charge in [0, 0.05) is 24.6 Å². The molecule has 4 nitrogen and oxygen atoms in total. The average molecular weight is 264 g/mol. The standard InChI is InChI=1S/C16H16N4/c17-10-14-9-13-4-1-5-15(13)20-16(14)19-8-6-12-3-2-7-18-11-12/h2-3,7,9,11H,1,4-6,8H2,(H,19,20). The van der Waals surface area contributed by atoms with Crippen molar-refractivity contribution < 1.29 is 0 Å². The average Bonchev–Trinajstić information content (AvgIpc) is 2.94. The van der Waals surface area contributed by atoms with Gasteiger partial charge in [0.2, 0.25) is 0 Å². The largest absolute Gasteiger partial charge is 0.369 e. The maximum absolute atomic E-state index is 9.23. The Hall–Kier alpha value is -2.41. The first kappa shape index (κ1) is 12.6. The SMILES string of the molecule is N#Cc1cc2c(nc1NCCc1cccnc1)CCC2. The highest BCUT2D eigenvalue weighted by Gasteiger charge is 2.16. The zero-order valence-corrected chi connectivity index (χ0v) is 11.3. The van der Waals surface area contributed by atoms with E-state index in [9.17, 15) is 5.26 Å². The van der Waals surface area contributed by atoms with E-state index < -0.39 is 0 Å². The lowest BCUT2D eigenvalue weighted by Gasteiger charge is -2.09. The molecule has 0 spiro atoms. The Kier molecular flexibility index (Phi) is 3.60. The van der Waals surface area contributed by atoms with Gasteiger partial charge in [-0.1, -0.05) is 6.07 Å². The monoisotopic (exact) mass is 264 g/mol. The van der Waals surface area contributed by atoms with Crippen molar-refractivity contribution in [2.24, 2.45) is 0 Å². The number of aryl methyl sites for hydroxylation is 2. The number of fused-ring (bicyclic) bond motifs is 1. The Balaban J connectivity index is 1.70. The van der Waals surface area contributed by atoms with Crippen LogP contribution < -0.4 is 5.32 Å². The molecule has 0 fully saturated rings. The van der Waals surface area contributed by atoms with E-state index in [1.807, 2.05) is 18.3 Å². The fourth-order valence-electron chi connectivity index (χ4n) is 2.56. The molecule has 100 valence electrons. The van der Waals surface area contributed by atoms with E-state index in [-0.39, 0.29) is 0 Å². The zero-order valence-electron chi connectivity index (χ0n) is 11.3. The Bertz CT molecular complexity index is 644. The van der Waals surface area contributed by atoms with E-state index in [1.165, 1.54) is 11.1 Å². The third kappa shape index (κ3) is 2.62. The molecule has 2 aromatic heterocycles. The minimum absolute atomic E-state index is 0.650. The molecule has 20 heavy (non-hydrogen) atoms. The van der Waals surface area contributed by atoms with Crippen molar-refractivity contribution in [2.75, 3.05) is 11.9 Å². The maximum atomic E-state index is 9.23. The first-order valence-electron chi connectivity index (χ1n) is 6.92. The van der Waals surface area contributed by atoms with Crippen LogP contribution in [-0.4, -0.2) is 16.5 Å². The Morgan fingerprint density at radius 3 is 3.10 bits per heavy atom. The molecule has 1 N–H and O–H groups in total. The van der Waals surface area contributed by atoms with Gasteiger partial charge in [0.05, 0.1) is 5.56 Å². The lowest BCUT2D eigenvalue weighted by molar-refractivity contribution is 0.898. The number of anilines is 1. The van der Waals surface area contributed by atoms with Gasteiger partial charge >= 0.3 is 0 Å². The van der Waals surface area contributed by atoms with Crippen LogP contribution in [0.3, 0.4) is 0 Å². The van der Waals surface area contributed by atoms with Crippen molar-refractivity contribution in [3.8, 4) is 6.07 Å². The van der Waals surface area contributed by atoms with Gasteiger partial charge in [-0.2, -0.15) is 5.26 Å². The van der Waals surface area contributed by atoms with Crippen molar-refractivity contribution in [3.05, 3.63) is 53.0 Å². The summed E-state index contributed by atoms with van der Waals surface area (Å²) in [6.45, 7) is 0.756. The number of hydrogen-bond acceptors (Lipinski definition) is 4. The zero-order chi connectivity index (χ0) is 13.8. The van der Waals surface area contributed by atoms with Gasteiger partial charge in [-0.15, -0.1) is 0 Å². The third-order valence-electron chi connectivity index (χ3n) is 3.60. The molecule has 0 bridgehead atoms. The van der Waals surface area contributed by atoms with Gasteiger partial charge in [-0.05, 0) is 48.9 Å². The molecule has 0 saturated carbocycles. The van der Waals surface area contributed by atoms with Crippen LogP contribution in [-0.2, 0) is 19.3 Å². The van der Waals surface area contributed by atoms with Crippen LogP contribution in [0.5, 0.6) is 0 Å². The topological polar surface area (TPSA) is 61.6 Å². The maximum Gasteiger partial charge on any atom is 0.144 e. The van der Waals surface area contributed by atoms with Gasteiger partial charge in [0.1, 0.15) is 11.9 Å². The predicted molar refractivity (Wildman–Crippen MR) is 77.4 cm³/mol. The van der Waals surface area contributed by atoms with Crippen LogP contribution in [0.4, 0.5) is 5.82 Å². The molecule has 1 aliphatic rings. The Morgan fingerprint density at radius 2 is 2.30 bits per heavy atom. The van der Waals surface area contributed by atoms with Crippen LogP contribution in [0, 0.1) is 11.3 Å². The number of nitriles is 1. The van der Waals surface area contributed by atoms with Gasteiger partial charge in [-0.25, -0.2) is 4.98 Å². The molecular weight excluding hydrogens is 248 g/mol. The predicted octanol–water partition coefficient (Wildman–Crippen LogP) is 2.49. The third-order valence-corrected chi connectivity index (χ3v) is 3.60. The summed E-state index contributed by atoms with van der Waals surface area (Å²) < 4.78 is 0. The lowest BCUT2D eigenvalue weighted by atomic mass is 10.1. The molecule has 0 radical (unpaired) electrons. The van der Waals surface area contributed by atoms with Crippen LogP contribution in [0.2, 0.25) is 0 Å². The molecule has 0 amide bonds. The van der Waals surface area contributed by atoms with Crippen molar-refractivity contribution in [3.63, 3.8) is 0 Å². The molecule has 0 atom stereocenters. The molecular formula is C16H16N4. The number of aromatic nitrogens is 2. The van der Waals surface area contributed by atoms with Crippen molar-refractivity contribution >= 4 is 5.82 Å². The van der Waals surface area contributed by atoms with Crippen LogP contribution in [0.15, 0.2) is 30.6 Å². The van der Waals surface area contributed by atoms with E-state index in [0.717, 1.165) is 43.7 Å². The fraction of sp³-hybridized carbons (Fsp3) is 0.312. The molecule has 2 aromatic rings. The highest BCUT2D eigenvalue weighted by molar-refractivity contribution is 5.55. The summed E-state index contributed by atoms with van der Waals surface area (Å²) >= 11 is 0. The molecule has 0 aliphatic heterocycles. The molecule has 0 unspecified atom stereocenters. The van der Waals surface area contributed by atoms with Gasteiger partial charge < -0.3 is 5.32 Å².